The molecule has 0 aromatic heterocycles. The molecule has 0 radical (unpaired) electrons. The van der Waals surface area contributed by atoms with Crippen LogP contribution in [0.15, 0.2) is 52.6 Å². The van der Waals surface area contributed by atoms with E-state index in [2.05, 4.69) is 52.6 Å². The van der Waals surface area contributed by atoms with Crippen LogP contribution in [0.1, 0.15) is 0 Å². The maximum atomic E-state index is 3.00. The van der Waals surface area contributed by atoms with Crippen molar-refractivity contribution in [1.29, 1.82) is 0 Å². The van der Waals surface area contributed by atoms with Gasteiger partial charge in [0, 0.05) is 0 Å². The van der Waals surface area contributed by atoms with Gasteiger partial charge in [-0.2, -0.15) is 0 Å². The van der Waals surface area contributed by atoms with Crippen LogP contribution in [0.3, 0.4) is 0 Å². The maximum absolute atomic E-state index is 3.00. The van der Waals surface area contributed by atoms with Crippen LogP contribution >= 0.6 is 17.0 Å². The molecule has 0 fully saturated rings. The van der Waals surface area contributed by atoms with Gasteiger partial charge < -0.3 is 0 Å². The minimum absolute atomic E-state index is 0. The first-order valence-electron chi connectivity index (χ1n) is 2.00. The van der Waals surface area contributed by atoms with Crippen molar-refractivity contribution in [1.82, 2.24) is 0 Å². The average Bonchev–Trinajstić information content (AvgIpc) is 2.03. The zero-order chi connectivity index (χ0) is 8.00. The van der Waals surface area contributed by atoms with Crippen LogP contribution in [0, 0.1) is 0 Å². The van der Waals surface area contributed by atoms with E-state index >= 15 is 0 Å². The van der Waals surface area contributed by atoms with Crippen LogP contribution in [0.4, 0.5) is 0 Å². The summed E-state index contributed by atoms with van der Waals surface area (Å²) in [7, 11) is 0. The van der Waals surface area contributed by atoms with Crippen LogP contribution in [0.2, 0.25) is 0 Å². The zero-order valence-electron chi connectivity index (χ0n) is 6.07. The molecule has 0 saturated carbocycles. The quantitative estimate of drug-likeness (QED) is 0.513. The summed E-state index contributed by atoms with van der Waals surface area (Å²) in [4.78, 5) is 0. The third-order valence-corrected chi connectivity index (χ3v) is 0. The summed E-state index contributed by atoms with van der Waals surface area (Å²) in [5.41, 5.74) is 0. The highest BCUT2D eigenvalue weighted by Crippen LogP contribution is 0.869. The molecule has 56 valence electrons. The lowest BCUT2D eigenvalue weighted by Crippen LogP contribution is -0.552. The molecule has 0 aliphatic carbocycles. The first kappa shape index (κ1) is 39.5. The molecular weight excluding hydrogens is 176 g/mol. The number of hydrogen-bond donors (Lipinski definition) is 0. The molecule has 0 nitrogen and oxygen atoms in total. The monoisotopic (exact) mass is 192 g/mol. The van der Waals surface area contributed by atoms with E-state index in [1.165, 1.54) is 0 Å². The Morgan fingerprint density at radius 2 is 0.333 bits per heavy atom. The highest BCUT2D eigenvalue weighted by atomic mass is 79.9. The van der Waals surface area contributed by atoms with Gasteiger partial charge in [-0.15, -0.1) is 69.6 Å². The molecular formula is C8H17Br. The fraction of sp³-hybridized carbons (Fsp3) is 0. The molecule has 9 heavy (non-hydrogen) atoms. The van der Waals surface area contributed by atoms with Crippen LogP contribution in [-0.4, -0.2) is 0 Å². The lowest BCUT2D eigenvalue weighted by Gasteiger charge is -0.813. The Morgan fingerprint density at radius 1 is 0.333 bits per heavy atom. The maximum Gasteiger partial charge on any atom is -0.106 e. The Bertz CT molecular complexity index is 12.5. The molecule has 0 aromatic carbocycles. The largest absolute Gasteiger partial charge is 0.114 e. The van der Waals surface area contributed by atoms with E-state index in [0.29, 0.717) is 0 Å². The van der Waals surface area contributed by atoms with E-state index in [0.717, 1.165) is 0 Å². The second kappa shape index (κ2) is 984. The molecule has 0 bridgehead atoms. The third kappa shape index (κ3) is 702. The second-order valence-corrected chi connectivity index (χ2v) is 0. The van der Waals surface area contributed by atoms with Gasteiger partial charge in [-0.05, 0) is 0 Å². The summed E-state index contributed by atoms with van der Waals surface area (Å²) in [6.45, 7) is 24.0. The van der Waals surface area contributed by atoms with Gasteiger partial charge >= 0.3 is 0 Å². The standard InChI is InChI=1S/4C2H4.BrH/c4*1-2;/h4*1-2H2;1H. The van der Waals surface area contributed by atoms with Gasteiger partial charge in [0.15, 0.2) is 0 Å². The van der Waals surface area contributed by atoms with Gasteiger partial charge in [0.25, 0.3) is 0 Å². The number of hydrogen-bond acceptors (Lipinski definition) is 0. The lowest BCUT2D eigenvalue weighted by atomic mass is 11.3. The van der Waals surface area contributed by atoms with Crippen molar-refractivity contribution in [2.75, 3.05) is 0 Å². The SMILES string of the molecule is Br.C=C.C=C.C=C.C=C. The summed E-state index contributed by atoms with van der Waals surface area (Å²) >= 11 is 0. The van der Waals surface area contributed by atoms with E-state index in [9.17, 15) is 0 Å². The molecule has 0 unspecified atom stereocenters. The summed E-state index contributed by atoms with van der Waals surface area (Å²) in [5, 5.41) is 0. The second-order valence-electron chi connectivity index (χ2n) is 0. The fourth-order valence-corrected chi connectivity index (χ4v) is 0. The predicted octanol–water partition coefficient (Wildman–Crippen LogP) is 3.79. The fourth-order valence-electron chi connectivity index (χ4n) is 0. The Hall–Kier alpha value is -0.560. The van der Waals surface area contributed by atoms with Crippen molar-refractivity contribution >= 4 is 17.0 Å². The summed E-state index contributed by atoms with van der Waals surface area (Å²) in [6.07, 6.45) is 0. The van der Waals surface area contributed by atoms with Gasteiger partial charge in [-0.3, -0.25) is 0 Å². The van der Waals surface area contributed by atoms with Gasteiger partial charge in [0.2, 0.25) is 0 Å². The third-order valence-electron chi connectivity index (χ3n) is 0. The predicted molar refractivity (Wildman–Crippen MR) is 55.3 cm³/mol. The number of halogens is 1. The highest BCUT2D eigenvalue weighted by Gasteiger charge is 0.607. The van der Waals surface area contributed by atoms with Crippen molar-refractivity contribution in [3.63, 3.8) is 0 Å². The molecule has 0 aliphatic rings. The molecule has 0 heterocycles. The Balaban J connectivity index is -0.00000000762. The van der Waals surface area contributed by atoms with Gasteiger partial charge in [0.05, 0.1) is 0 Å². The minimum Gasteiger partial charge on any atom is -0.114 e. The molecule has 0 aliphatic heterocycles. The van der Waals surface area contributed by atoms with E-state index in [1.54, 1.807) is 0 Å². The molecule has 0 amide bonds. The Kier molecular flexibility index (Phi) is 4320. The van der Waals surface area contributed by atoms with Crippen molar-refractivity contribution in [3.05, 3.63) is 52.6 Å². The lowest BCUT2D eigenvalue weighted by molar-refractivity contribution is 2.81. The van der Waals surface area contributed by atoms with E-state index in [4.69, 9.17) is 0 Å². The summed E-state index contributed by atoms with van der Waals surface area (Å²) in [5.74, 6) is 0. The van der Waals surface area contributed by atoms with E-state index in [1.807, 2.05) is 0 Å². The van der Waals surface area contributed by atoms with Crippen molar-refractivity contribution in [2.24, 2.45) is 0 Å². The summed E-state index contributed by atoms with van der Waals surface area (Å²) in [6, 6.07) is 0. The van der Waals surface area contributed by atoms with Crippen LogP contribution in [0.25, 0.3) is 0 Å². The number of rotatable bonds is 0. The first-order valence-corrected chi connectivity index (χ1v) is 2.00. The molecule has 0 rings (SSSR count). The van der Waals surface area contributed by atoms with Crippen LogP contribution < -0.4 is 0 Å². The van der Waals surface area contributed by atoms with Crippen LogP contribution in [0.5, 0.6) is 0 Å². The Labute approximate surface area is 70.1 Å². The normalized spacial score (nSPS) is 1.78. The van der Waals surface area contributed by atoms with Gasteiger partial charge in [-0.1, -0.05) is 0 Å². The Morgan fingerprint density at radius 3 is 0.333 bits per heavy atom. The van der Waals surface area contributed by atoms with Crippen molar-refractivity contribution in [2.45, 2.75) is 0 Å². The van der Waals surface area contributed by atoms with E-state index < -0.39 is 0 Å². The zero-order valence-corrected chi connectivity index (χ0v) is 7.78. The van der Waals surface area contributed by atoms with Gasteiger partial charge in [0.1, 0.15) is 0 Å². The van der Waals surface area contributed by atoms with E-state index in [-0.39, 0.29) is 17.0 Å². The first-order chi connectivity index (χ1) is 4.00. The van der Waals surface area contributed by atoms with Gasteiger partial charge in [-0.25, -0.2) is 0 Å². The topological polar surface area (TPSA) is 0 Å². The summed E-state index contributed by atoms with van der Waals surface area (Å²) < 4.78 is 0. The smallest absolute Gasteiger partial charge is 0.106 e. The van der Waals surface area contributed by atoms with Crippen molar-refractivity contribution in [3.8, 4) is 0 Å². The van der Waals surface area contributed by atoms with Crippen molar-refractivity contribution < 1.29 is 0 Å². The molecule has 0 atom stereocenters. The molecule has 0 spiro atoms. The molecule has 0 aromatic rings. The molecule has 0 N–H and O–H groups in total. The molecule has 1 heteroatoms. The highest BCUT2D eigenvalue weighted by molar-refractivity contribution is 8.93. The molecule has 0 saturated heterocycles. The minimum atomic E-state index is 0. The average molecular weight is 193 g/mol. The van der Waals surface area contributed by atoms with Crippen LogP contribution in [-0.2, 0) is 0 Å².